The van der Waals surface area contributed by atoms with E-state index in [1.165, 1.54) is 49.6 Å². The molecule has 1 aromatic carbocycles. The predicted molar refractivity (Wildman–Crippen MR) is 80.0 cm³/mol. The molecule has 21 heavy (non-hydrogen) atoms. The highest BCUT2D eigenvalue weighted by Crippen LogP contribution is 2.31. The van der Waals surface area contributed by atoms with Gasteiger partial charge in [0.1, 0.15) is 5.82 Å². The van der Waals surface area contributed by atoms with Crippen LogP contribution in [0.1, 0.15) is 25.7 Å². The molecular weight excluding hydrogens is 291 g/mol. The fourth-order valence-electron chi connectivity index (χ4n) is 2.94. The third-order valence-electron chi connectivity index (χ3n) is 3.92. The van der Waals surface area contributed by atoms with E-state index in [2.05, 4.69) is 9.55 Å². The Labute approximate surface area is 126 Å². The number of aromatic nitrogens is 2. The van der Waals surface area contributed by atoms with E-state index in [0.29, 0.717) is 16.6 Å². The van der Waals surface area contributed by atoms with Crippen LogP contribution in [0.5, 0.6) is 0 Å². The summed E-state index contributed by atoms with van der Waals surface area (Å²) in [5.74, 6) is -0.610. The number of imidazole rings is 1. The van der Waals surface area contributed by atoms with Crippen molar-refractivity contribution >= 4 is 28.8 Å². The SMILES string of the molecule is O=C(O)CSc1nc2cc(F)ccc2n1CC1CCCC1. The van der Waals surface area contributed by atoms with Crippen LogP contribution in [-0.2, 0) is 11.3 Å². The molecule has 0 saturated heterocycles. The number of fused-ring (bicyclic) bond motifs is 1. The highest BCUT2D eigenvalue weighted by molar-refractivity contribution is 7.99. The van der Waals surface area contributed by atoms with Crippen LogP contribution in [0, 0.1) is 11.7 Å². The van der Waals surface area contributed by atoms with Gasteiger partial charge in [-0.25, -0.2) is 9.37 Å². The summed E-state index contributed by atoms with van der Waals surface area (Å²) in [5, 5.41) is 9.52. The van der Waals surface area contributed by atoms with Gasteiger partial charge in [0.2, 0.25) is 0 Å². The summed E-state index contributed by atoms with van der Waals surface area (Å²) in [5.41, 5.74) is 1.48. The van der Waals surface area contributed by atoms with Gasteiger partial charge in [-0.05, 0) is 30.9 Å². The van der Waals surface area contributed by atoms with Gasteiger partial charge in [-0.1, -0.05) is 24.6 Å². The minimum Gasteiger partial charge on any atom is -0.481 e. The maximum absolute atomic E-state index is 13.3. The van der Waals surface area contributed by atoms with Crippen LogP contribution in [0.2, 0.25) is 0 Å². The molecule has 0 radical (unpaired) electrons. The monoisotopic (exact) mass is 308 g/mol. The quantitative estimate of drug-likeness (QED) is 0.858. The highest BCUT2D eigenvalue weighted by Gasteiger charge is 2.20. The van der Waals surface area contributed by atoms with Gasteiger partial charge in [0.05, 0.1) is 16.8 Å². The highest BCUT2D eigenvalue weighted by atomic mass is 32.2. The Kier molecular flexibility index (Phi) is 4.14. The van der Waals surface area contributed by atoms with Crippen LogP contribution in [0.15, 0.2) is 23.4 Å². The Hall–Kier alpha value is -1.56. The van der Waals surface area contributed by atoms with Gasteiger partial charge in [0.15, 0.2) is 5.16 Å². The first kappa shape index (κ1) is 14.4. The topological polar surface area (TPSA) is 55.1 Å². The number of hydrogen-bond donors (Lipinski definition) is 1. The molecule has 6 heteroatoms. The zero-order valence-electron chi connectivity index (χ0n) is 11.6. The average molecular weight is 308 g/mol. The second-order valence-electron chi connectivity index (χ2n) is 5.47. The number of hydrogen-bond acceptors (Lipinski definition) is 3. The van der Waals surface area contributed by atoms with Crippen molar-refractivity contribution in [3.63, 3.8) is 0 Å². The van der Waals surface area contributed by atoms with Crippen LogP contribution in [0.25, 0.3) is 11.0 Å². The number of halogens is 1. The first-order chi connectivity index (χ1) is 10.1. The third-order valence-corrected chi connectivity index (χ3v) is 4.88. The van der Waals surface area contributed by atoms with E-state index in [-0.39, 0.29) is 11.6 Å². The number of rotatable bonds is 5. The molecule has 0 bridgehead atoms. The van der Waals surface area contributed by atoms with Gasteiger partial charge >= 0.3 is 5.97 Å². The van der Waals surface area contributed by atoms with Crippen LogP contribution >= 0.6 is 11.8 Å². The second kappa shape index (κ2) is 6.05. The number of carbonyl (C=O) groups is 1. The Balaban J connectivity index is 1.95. The lowest BCUT2D eigenvalue weighted by molar-refractivity contribution is -0.133. The van der Waals surface area contributed by atoms with Crippen molar-refractivity contribution in [3.05, 3.63) is 24.0 Å². The summed E-state index contributed by atoms with van der Waals surface area (Å²) in [6.07, 6.45) is 4.90. The van der Waals surface area contributed by atoms with Gasteiger partial charge in [-0.15, -0.1) is 0 Å². The first-order valence-electron chi connectivity index (χ1n) is 7.14. The molecule has 4 nitrogen and oxygen atoms in total. The van der Waals surface area contributed by atoms with Crippen molar-refractivity contribution in [1.29, 1.82) is 0 Å². The van der Waals surface area contributed by atoms with Crippen LogP contribution in [-0.4, -0.2) is 26.4 Å². The van der Waals surface area contributed by atoms with Gasteiger partial charge in [0, 0.05) is 12.6 Å². The number of carboxylic acid groups (broad SMARTS) is 1. The Bertz CT molecular complexity index is 665. The first-order valence-corrected chi connectivity index (χ1v) is 8.12. The van der Waals surface area contributed by atoms with Crippen LogP contribution < -0.4 is 0 Å². The van der Waals surface area contributed by atoms with Crippen molar-refractivity contribution in [2.45, 2.75) is 37.4 Å². The summed E-state index contributed by atoms with van der Waals surface area (Å²) in [6, 6.07) is 4.57. The maximum atomic E-state index is 13.3. The van der Waals surface area contributed by atoms with Crippen LogP contribution in [0.3, 0.4) is 0 Å². The molecule has 0 unspecified atom stereocenters. The molecule has 1 aliphatic rings. The van der Waals surface area contributed by atoms with E-state index in [1.54, 1.807) is 6.07 Å². The minimum absolute atomic E-state index is 0.0313. The van der Waals surface area contributed by atoms with E-state index in [0.717, 1.165) is 12.1 Å². The van der Waals surface area contributed by atoms with Gasteiger partial charge in [-0.3, -0.25) is 4.79 Å². The summed E-state index contributed by atoms with van der Waals surface area (Å²) >= 11 is 1.20. The molecule has 0 amide bonds. The Morgan fingerprint density at radius 3 is 2.90 bits per heavy atom. The molecule has 1 N–H and O–H groups in total. The standard InChI is InChI=1S/C15H17FN2O2S/c16-11-5-6-13-12(7-11)17-15(21-9-14(19)20)18(13)8-10-3-1-2-4-10/h5-7,10H,1-4,8-9H2,(H,19,20). The molecule has 1 saturated carbocycles. The largest absolute Gasteiger partial charge is 0.481 e. The number of benzene rings is 1. The molecule has 112 valence electrons. The number of aliphatic carboxylic acids is 1. The van der Waals surface area contributed by atoms with Crippen molar-refractivity contribution in [2.24, 2.45) is 5.92 Å². The van der Waals surface area contributed by atoms with Crippen molar-refractivity contribution in [1.82, 2.24) is 9.55 Å². The van der Waals surface area contributed by atoms with E-state index in [4.69, 9.17) is 5.11 Å². The lowest BCUT2D eigenvalue weighted by Crippen LogP contribution is -2.09. The molecule has 0 aliphatic heterocycles. The maximum Gasteiger partial charge on any atom is 0.313 e. The average Bonchev–Trinajstić information content (AvgIpc) is 3.05. The fraction of sp³-hybridized carbons (Fsp3) is 0.467. The lowest BCUT2D eigenvalue weighted by atomic mass is 10.1. The van der Waals surface area contributed by atoms with Crippen LogP contribution in [0.4, 0.5) is 4.39 Å². The zero-order chi connectivity index (χ0) is 14.8. The molecule has 2 aromatic rings. The van der Waals surface area contributed by atoms with E-state index >= 15 is 0 Å². The lowest BCUT2D eigenvalue weighted by Gasteiger charge is -2.13. The summed E-state index contributed by atoms with van der Waals surface area (Å²) < 4.78 is 15.4. The third kappa shape index (κ3) is 3.20. The normalized spacial score (nSPS) is 15.9. The predicted octanol–water partition coefficient (Wildman–Crippen LogP) is 3.54. The molecule has 1 heterocycles. The molecule has 1 fully saturated rings. The summed E-state index contributed by atoms with van der Waals surface area (Å²) in [7, 11) is 0. The number of nitrogens with zero attached hydrogens (tertiary/aromatic N) is 2. The Morgan fingerprint density at radius 2 is 2.19 bits per heavy atom. The number of carboxylic acids is 1. The van der Waals surface area contributed by atoms with Crippen molar-refractivity contribution in [3.8, 4) is 0 Å². The smallest absolute Gasteiger partial charge is 0.313 e. The van der Waals surface area contributed by atoms with E-state index in [1.807, 2.05) is 0 Å². The minimum atomic E-state index is -0.870. The van der Waals surface area contributed by atoms with Gasteiger partial charge < -0.3 is 9.67 Å². The van der Waals surface area contributed by atoms with Gasteiger partial charge in [0.25, 0.3) is 0 Å². The van der Waals surface area contributed by atoms with Crippen molar-refractivity contribution < 1.29 is 14.3 Å². The Morgan fingerprint density at radius 1 is 1.43 bits per heavy atom. The molecule has 3 rings (SSSR count). The van der Waals surface area contributed by atoms with Crippen molar-refractivity contribution in [2.75, 3.05) is 5.75 Å². The van der Waals surface area contributed by atoms with E-state index in [9.17, 15) is 9.18 Å². The number of thioether (sulfide) groups is 1. The summed E-state index contributed by atoms with van der Waals surface area (Å²) in [4.78, 5) is 15.2. The fourth-order valence-corrected chi connectivity index (χ4v) is 3.69. The molecule has 1 aromatic heterocycles. The van der Waals surface area contributed by atoms with E-state index < -0.39 is 5.97 Å². The molecular formula is C15H17FN2O2S. The second-order valence-corrected chi connectivity index (χ2v) is 6.41. The summed E-state index contributed by atoms with van der Waals surface area (Å²) in [6.45, 7) is 0.837. The molecule has 0 spiro atoms. The molecule has 0 atom stereocenters. The molecule has 1 aliphatic carbocycles. The zero-order valence-corrected chi connectivity index (χ0v) is 12.4. The van der Waals surface area contributed by atoms with Gasteiger partial charge in [-0.2, -0.15) is 0 Å².